The summed E-state index contributed by atoms with van der Waals surface area (Å²) in [5, 5.41) is 0. The summed E-state index contributed by atoms with van der Waals surface area (Å²) in [6, 6.07) is 7.01. The first-order valence-electron chi connectivity index (χ1n) is 6.45. The predicted octanol–water partition coefficient (Wildman–Crippen LogP) is 2.85. The second-order valence-corrected chi connectivity index (χ2v) is 12.5. The zero-order chi connectivity index (χ0) is 14.2. The van der Waals surface area contributed by atoms with Crippen LogP contribution in [0.25, 0.3) is 0 Å². The van der Waals surface area contributed by atoms with Gasteiger partial charge in [-0.25, -0.2) is 0 Å². The molecular weight excluding hydrogens is 274 g/mol. The van der Waals surface area contributed by atoms with Gasteiger partial charge in [-0.05, 0) is 23.4 Å². The summed E-state index contributed by atoms with van der Waals surface area (Å²) in [6.45, 7) is 7.19. The van der Waals surface area contributed by atoms with E-state index in [-0.39, 0.29) is 16.7 Å². The van der Waals surface area contributed by atoms with Gasteiger partial charge < -0.3 is 0 Å². The highest BCUT2D eigenvalue weighted by molar-refractivity contribution is 7.83. The molecular formula is C14H19NO2SSi. The molecule has 5 heteroatoms. The Balaban J connectivity index is 2.09. The molecule has 0 aromatic heterocycles. The predicted molar refractivity (Wildman–Crippen MR) is 82.5 cm³/mol. The number of thiol groups is 1. The smallest absolute Gasteiger partial charge is 0.261 e. The van der Waals surface area contributed by atoms with Crippen molar-refractivity contribution in [2.45, 2.75) is 30.9 Å². The molecule has 0 spiro atoms. The lowest BCUT2D eigenvalue weighted by molar-refractivity contribution is 0.0654. The van der Waals surface area contributed by atoms with Crippen molar-refractivity contribution >= 4 is 32.5 Å². The lowest BCUT2D eigenvalue weighted by atomic mass is 10.1. The molecule has 1 heterocycles. The van der Waals surface area contributed by atoms with E-state index in [4.69, 9.17) is 0 Å². The minimum Gasteiger partial charge on any atom is -0.274 e. The fourth-order valence-corrected chi connectivity index (χ4v) is 3.24. The number of hydrogen-bond acceptors (Lipinski definition) is 3. The summed E-state index contributed by atoms with van der Waals surface area (Å²) >= 11 is 4.62. The van der Waals surface area contributed by atoms with Gasteiger partial charge in [0, 0.05) is 6.54 Å². The Bertz CT molecular complexity index is 489. The van der Waals surface area contributed by atoms with E-state index in [1.54, 1.807) is 24.3 Å². The third-order valence-electron chi connectivity index (χ3n) is 3.50. The number of fused-ring (bicyclic) bond motifs is 1. The summed E-state index contributed by atoms with van der Waals surface area (Å²) in [5.41, 5.74) is 1.05. The molecule has 0 bridgehead atoms. The molecule has 2 amide bonds. The SMILES string of the molecule is C[Si](C)(C)C(S)CCN1C(=O)c2ccccc2C1=O. The summed E-state index contributed by atoms with van der Waals surface area (Å²) in [6.07, 6.45) is 0.768. The lowest BCUT2D eigenvalue weighted by Gasteiger charge is -2.25. The first-order valence-corrected chi connectivity index (χ1v) is 10.5. The van der Waals surface area contributed by atoms with Crippen LogP contribution in [0.3, 0.4) is 0 Å². The third-order valence-corrected chi connectivity index (χ3v) is 8.37. The standard InChI is InChI=1S/C14H19NO2SSi/c1-19(2,3)12(18)8-9-15-13(16)10-6-4-5-7-11(10)14(15)17/h4-7,12,18H,8-9H2,1-3H3. The fourth-order valence-electron chi connectivity index (χ4n) is 2.13. The van der Waals surface area contributed by atoms with Gasteiger partial charge in [0.1, 0.15) is 0 Å². The Morgan fingerprint density at radius 3 is 2.00 bits per heavy atom. The van der Waals surface area contributed by atoms with Crippen molar-refractivity contribution in [1.29, 1.82) is 0 Å². The van der Waals surface area contributed by atoms with E-state index in [9.17, 15) is 9.59 Å². The van der Waals surface area contributed by atoms with Crippen molar-refractivity contribution in [1.82, 2.24) is 4.90 Å². The highest BCUT2D eigenvalue weighted by Gasteiger charge is 2.35. The van der Waals surface area contributed by atoms with Gasteiger partial charge in [0.15, 0.2) is 0 Å². The van der Waals surface area contributed by atoms with E-state index in [0.29, 0.717) is 17.7 Å². The zero-order valence-electron chi connectivity index (χ0n) is 11.5. The maximum Gasteiger partial charge on any atom is 0.261 e. The van der Waals surface area contributed by atoms with Crippen molar-refractivity contribution in [3.05, 3.63) is 35.4 Å². The third kappa shape index (κ3) is 2.77. The second-order valence-electron chi connectivity index (χ2n) is 5.98. The topological polar surface area (TPSA) is 37.4 Å². The highest BCUT2D eigenvalue weighted by Crippen LogP contribution is 2.24. The number of benzene rings is 1. The van der Waals surface area contributed by atoms with Crippen molar-refractivity contribution in [3.8, 4) is 0 Å². The van der Waals surface area contributed by atoms with E-state index in [1.165, 1.54) is 4.90 Å². The van der Waals surface area contributed by atoms with Gasteiger partial charge in [0.25, 0.3) is 11.8 Å². The largest absolute Gasteiger partial charge is 0.274 e. The summed E-state index contributed by atoms with van der Waals surface area (Å²) in [4.78, 5) is 26.0. The monoisotopic (exact) mass is 293 g/mol. The Hall–Kier alpha value is -1.07. The van der Waals surface area contributed by atoms with Crippen LogP contribution >= 0.6 is 12.6 Å². The summed E-state index contributed by atoms with van der Waals surface area (Å²) in [7, 11) is -1.34. The van der Waals surface area contributed by atoms with Crippen molar-refractivity contribution < 1.29 is 9.59 Å². The molecule has 3 nitrogen and oxygen atoms in total. The van der Waals surface area contributed by atoms with Gasteiger partial charge in [-0.2, -0.15) is 12.6 Å². The van der Waals surface area contributed by atoms with Crippen LogP contribution in [-0.2, 0) is 0 Å². The molecule has 0 aliphatic carbocycles. The first-order chi connectivity index (χ1) is 8.82. The molecule has 1 aliphatic rings. The van der Waals surface area contributed by atoms with Gasteiger partial charge in [0.05, 0.1) is 19.2 Å². The van der Waals surface area contributed by atoms with E-state index in [2.05, 4.69) is 32.3 Å². The van der Waals surface area contributed by atoms with Crippen LogP contribution in [0.2, 0.25) is 19.6 Å². The molecule has 0 saturated heterocycles. The van der Waals surface area contributed by atoms with Gasteiger partial charge in [-0.3, -0.25) is 14.5 Å². The van der Waals surface area contributed by atoms with E-state index in [0.717, 1.165) is 6.42 Å². The Labute approximate surface area is 120 Å². The number of carbonyl (C=O) groups is 2. The van der Waals surface area contributed by atoms with Crippen LogP contribution in [0.5, 0.6) is 0 Å². The van der Waals surface area contributed by atoms with Crippen LogP contribution in [0, 0.1) is 0 Å². The normalized spacial score (nSPS) is 16.7. The quantitative estimate of drug-likeness (QED) is 0.526. The molecule has 19 heavy (non-hydrogen) atoms. The van der Waals surface area contributed by atoms with E-state index >= 15 is 0 Å². The molecule has 0 N–H and O–H groups in total. The zero-order valence-corrected chi connectivity index (χ0v) is 13.4. The summed E-state index contributed by atoms with van der Waals surface area (Å²) in [5.74, 6) is -0.339. The van der Waals surface area contributed by atoms with Gasteiger partial charge in [-0.15, -0.1) is 0 Å². The molecule has 102 valence electrons. The lowest BCUT2D eigenvalue weighted by Crippen LogP contribution is -2.39. The average molecular weight is 293 g/mol. The number of rotatable bonds is 4. The molecule has 2 rings (SSSR count). The van der Waals surface area contributed by atoms with Gasteiger partial charge >= 0.3 is 0 Å². The molecule has 1 aromatic carbocycles. The Kier molecular flexibility index (Phi) is 3.87. The Morgan fingerprint density at radius 2 is 1.58 bits per heavy atom. The van der Waals surface area contributed by atoms with E-state index < -0.39 is 8.07 Å². The van der Waals surface area contributed by atoms with Crippen molar-refractivity contribution in [3.63, 3.8) is 0 Å². The van der Waals surface area contributed by atoms with Crippen LogP contribution in [0.4, 0.5) is 0 Å². The average Bonchev–Trinajstić information content (AvgIpc) is 2.59. The Morgan fingerprint density at radius 1 is 1.11 bits per heavy atom. The molecule has 0 fully saturated rings. The highest BCUT2D eigenvalue weighted by atomic mass is 32.1. The minimum absolute atomic E-state index is 0.170. The number of amides is 2. The number of carbonyl (C=O) groups excluding carboxylic acids is 2. The van der Waals surface area contributed by atoms with Crippen LogP contribution < -0.4 is 0 Å². The van der Waals surface area contributed by atoms with Gasteiger partial charge in [0.2, 0.25) is 0 Å². The van der Waals surface area contributed by atoms with Crippen molar-refractivity contribution in [2.24, 2.45) is 0 Å². The minimum atomic E-state index is -1.34. The molecule has 0 saturated carbocycles. The number of nitrogens with zero attached hydrogens (tertiary/aromatic N) is 1. The number of hydrogen-bond donors (Lipinski definition) is 1. The van der Waals surface area contributed by atoms with E-state index in [1.807, 2.05) is 0 Å². The number of imide groups is 1. The molecule has 1 unspecified atom stereocenters. The first kappa shape index (κ1) is 14.3. The van der Waals surface area contributed by atoms with Crippen molar-refractivity contribution in [2.75, 3.05) is 6.54 Å². The van der Waals surface area contributed by atoms with Crippen LogP contribution in [-0.4, -0.2) is 36.2 Å². The van der Waals surface area contributed by atoms with Gasteiger partial charge in [-0.1, -0.05) is 31.8 Å². The maximum atomic E-state index is 12.2. The molecule has 1 aliphatic heterocycles. The maximum absolute atomic E-state index is 12.2. The second kappa shape index (κ2) is 5.13. The fraction of sp³-hybridized carbons (Fsp3) is 0.429. The molecule has 1 aromatic rings. The van der Waals surface area contributed by atoms with Crippen LogP contribution in [0.15, 0.2) is 24.3 Å². The molecule has 0 radical (unpaired) electrons. The summed E-state index contributed by atoms with van der Waals surface area (Å²) < 4.78 is 0. The molecule has 1 atom stereocenters. The van der Waals surface area contributed by atoms with Crippen LogP contribution in [0.1, 0.15) is 27.1 Å².